The molecule has 0 amide bonds. The van der Waals surface area contributed by atoms with Gasteiger partial charge in [0.1, 0.15) is 0 Å². The van der Waals surface area contributed by atoms with Gasteiger partial charge in [-0.05, 0) is 25.0 Å². The molecule has 1 unspecified atom stereocenters. The van der Waals surface area contributed by atoms with Crippen molar-refractivity contribution in [2.75, 3.05) is 6.54 Å². The smallest absolute Gasteiger partial charge is 0.0604 e. The topological polar surface area (TPSA) is 27.0 Å². The van der Waals surface area contributed by atoms with Gasteiger partial charge in [-0.25, -0.2) is 5.32 Å². The van der Waals surface area contributed by atoms with Crippen LogP contribution in [0.4, 0.5) is 0 Å². The van der Waals surface area contributed by atoms with Crippen LogP contribution in [0.15, 0.2) is 24.5 Å². The van der Waals surface area contributed by atoms with E-state index in [1.807, 2.05) is 12.3 Å². The third-order valence-corrected chi connectivity index (χ3v) is 2.34. The maximum Gasteiger partial charge on any atom is 0.0604 e. The van der Waals surface area contributed by atoms with Crippen LogP contribution in [0.1, 0.15) is 18.9 Å². The minimum atomic E-state index is 0.0776. The van der Waals surface area contributed by atoms with E-state index in [1.54, 1.807) is 6.20 Å². The molecular weight excluding hydrogens is 136 g/mol. The minimum Gasteiger partial charge on any atom is -0.264 e. The van der Waals surface area contributed by atoms with Crippen molar-refractivity contribution in [3.8, 4) is 0 Å². The van der Waals surface area contributed by atoms with Gasteiger partial charge in [0.2, 0.25) is 0 Å². The summed E-state index contributed by atoms with van der Waals surface area (Å²) < 4.78 is 0. The van der Waals surface area contributed by atoms with Crippen molar-refractivity contribution >= 4 is 0 Å². The van der Waals surface area contributed by atoms with Crippen molar-refractivity contribution in [3.05, 3.63) is 30.1 Å². The number of pyridine rings is 1. The average Bonchev–Trinajstić information content (AvgIpc) is 2.02. The number of rotatable bonds is 1. The monoisotopic (exact) mass is 147 g/mol. The van der Waals surface area contributed by atoms with Crippen LogP contribution in [-0.4, -0.2) is 11.5 Å². The van der Waals surface area contributed by atoms with E-state index in [-0.39, 0.29) is 5.54 Å². The zero-order valence-corrected chi connectivity index (χ0v) is 6.62. The molecule has 1 aromatic rings. The first kappa shape index (κ1) is 6.80. The fourth-order valence-electron chi connectivity index (χ4n) is 1.36. The molecule has 57 valence electrons. The maximum absolute atomic E-state index is 4.43. The Morgan fingerprint density at radius 3 is 2.82 bits per heavy atom. The Morgan fingerprint density at radius 2 is 2.36 bits per heavy atom. The lowest BCUT2D eigenvalue weighted by Crippen LogP contribution is -2.45. The summed E-state index contributed by atoms with van der Waals surface area (Å²) in [6.07, 6.45) is 4.87. The molecule has 1 radical (unpaired) electrons. The van der Waals surface area contributed by atoms with Crippen molar-refractivity contribution in [1.82, 2.24) is 10.3 Å². The SMILES string of the molecule is CC1(c2cccnc2)CC[N]1. The first-order valence-electron chi connectivity index (χ1n) is 3.90. The highest BCUT2D eigenvalue weighted by atomic mass is 15.0. The van der Waals surface area contributed by atoms with E-state index in [0.29, 0.717) is 0 Å². The Bertz CT molecular complexity index is 239. The van der Waals surface area contributed by atoms with E-state index in [1.165, 1.54) is 12.0 Å². The molecule has 1 atom stereocenters. The lowest BCUT2D eigenvalue weighted by Gasteiger charge is -2.37. The summed E-state index contributed by atoms with van der Waals surface area (Å²) in [5.74, 6) is 0. The van der Waals surface area contributed by atoms with Crippen LogP contribution in [0.2, 0.25) is 0 Å². The Balaban J connectivity index is 2.29. The molecule has 1 aliphatic heterocycles. The molecule has 1 aromatic heterocycles. The number of hydrogen-bond acceptors (Lipinski definition) is 1. The Kier molecular flexibility index (Phi) is 1.43. The van der Waals surface area contributed by atoms with Gasteiger partial charge in [0, 0.05) is 18.9 Å². The summed E-state index contributed by atoms with van der Waals surface area (Å²) in [5, 5.41) is 4.43. The third kappa shape index (κ3) is 1.03. The molecule has 2 heteroatoms. The molecule has 1 saturated heterocycles. The first-order valence-corrected chi connectivity index (χ1v) is 3.90. The highest BCUT2D eigenvalue weighted by Crippen LogP contribution is 2.31. The summed E-state index contributed by atoms with van der Waals surface area (Å²) in [4.78, 5) is 4.07. The molecule has 2 heterocycles. The van der Waals surface area contributed by atoms with Gasteiger partial charge in [0.05, 0.1) is 5.54 Å². The van der Waals surface area contributed by atoms with E-state index in [0.717, 1.165) is 6.54 Å². The van der Waals surface area contributed by atoms with E-state index >= 15 is 0 Å². The second kappa shape index (κ2) is 2.31. The fourth-order valence-corrected chi connectivity index (χ4v) is 1.36. The van der Waals surface area contributed by atoms with Gasteiger partial charge < -0.3 is 0 Å². The molecule has 0 bridgehead atoms. The van der Waals surface area contributed by atoms with Crippen LogP contribution in [0.3, 0.4) is 0 Å². The standard InChI is InChI=1S/C9H11N2/c1-9(4-6-11-9)8-3-2-5-10-7-8/h2-3,5,7H,4,6H2,1H3. The van der Waals surface area contributed by atoms with Gasteiger partial charge in [-0.3, -0.25) is 4.98 Å². The Labute approximate surface area is 66.7 Å². The quantitative estimate of drug-likeness (QED) is 0.588. The summed E-state index contributed by atoms with van der Waals surface area (Å²) in [6.45, 7) is 3.17. The van der Waals surface area contributed by atoms with Gasteiger partial charge in [-0.15, -0.1) is 0 Å². The van der Waals surface area contributed by atoms with Crippen molar-refractivity contribution in [1.29, 1.82) is 0 Å². The van der Waals surface area contributed by atoms with Crippen LogP contribution >= 0.6 is 0 Å². The second-order valence-corrected chi connectivity index (χ2v) is 3.15. The Morgan fingerprint density at radius 1 is 1.55 bits per heavy atom. The normalized spacial score (nSPS) is 29.5. The molecule has 0 saturated carbocycles. The zero-order valence-electron chi connectivity index (χ0n) is 6.62. The largest absolute Gasteiger partial charge is 0.264 e. The van der Waals surface area contributed by atoms with Gasteiger partial charge >= 0.3 is 0 Å². The lowest BCUT2D eigenvalue weighted by atomic mass is 9.84. The van der Waals surface area contributed by atoms with Crippen molar-refractivity contribution < 1.29 is 0 Å². The van der Waals surface area contributed by atoms with Gasteiger partial charge in [-0.1, -0.05) is 6.07 Å². The van der Waals surface area contributed by atoms with Crippen molar-refractivity contribution in [3.63, 3.8) is 0 Å². The number of aromatic nitrogens is 1. The van der Waals surface area contributed by atoms with Crippen LogP contribution in [-0.2, 0) is 5.54 Å². The highest BCUT2D eigenvalue weighted by molar-refractivity contribution is 5.22. The predicted molar refractivity (Wildman–Crippen MR) is 43.2 cm³/mol. The zero-order chi connectivity index (χ0) is 7.73. The number of hydrogen-bond donors (Lipinski definition) is 0. The molecular formula is C9H11N2. The van der Waals surface area contributed by atoms with Gasteiger partial charge in [-0.2, -0.15) is 0 Å². The molecule has 1 fully saturated rings. The van der Waals surface area contributed by atoms with Gasteiger partial charge in [0.15, 0.2) is 0 Å². The molecule has 0 N–H and O–H groups in total. The van der Waals surface area contributed by atoms with E-state index in [2.05, 4.69) is 23.3 Å². The highest BCUT2D eigenvalue weighted by Gasteiger charge is 2.34. The van der Waals surface area contributed by atoms with Crippen molar-refractivity contribution in [2.45, 2.75) is 18.9 Å². The maximum atomic E-state index is 4.43. The fraction of sp³-hybridized carbons (Fsp3) is 0.444. The Hall–Kier alpha value is -0.890. The average molecular weight is 147 g/mol. The van der Waals surface area contributed by atoms with Crippen LogP contribution in [0.5, 0.6) is 0 Å². The second-order valence-electron chi connectivity index (χ2n) is 3.15. The summed E-state index contributed by atoms with van der Waals surface area (Å²) in [5.41, 5.74) is 1.32. The summed E-state index contributed by atoms with van der Waals surface area (Å²) in [6, 6.07) is 4.06. The van der Waals surface area contributed by atoms with Gasteiger partial charge in [0.25, 0.3) is 0 Å². The van der Waals surface area contributed by atoms with Crippen LogP contribution < -0.4 is 5.32 Å². The molecule has 0 aromatic carbocycles. The molecule has 0 spiro atoms. The van der Waals surface area contributed by atoms with Crippen LogP contribution in [0, 0.1) is 0 Å². The summed E-state index contributed by atoms with van der Waals surface area (Å²) in [7, 11) is 0. The molecule has 1 aliphatic rings. The van der Waals surface area contributed by atoms with E-state index in [4.69, 9.17) is 0 Å². The first-order chi connectivity index (χ1) is 5.31. The molecule has 2 nitrogen and oxygen atoms in total. The van der Waals surface area contributed by atoms with Crippen molar-refractivity contribution in [2.24, 2.45) is 0 Å². The molecule has 0 aliphatic carbocycles. The third-order valence-electron chi connectivity index (χ3n) is 2.34. The summed E-state index contributed by atoms with van der Waals surface area (Å²) >= 11 is 0. The lowest BCUT2D eigenvalue weighted by molar-refractivity contribution is 0.227. The molecule has 2 rings (SSSR count). The number of nitrogens with zero attached hydrogens (tertiary/aromatic N) is 2. The minimum absolute atomic E-state index is 0.0776. The van der Waals surface area contributed by atoms with E-state index in [9.17, 15) is 0 Å². The van der Waals surface area contributed by atoms with Crippen LogP contribution in [0.25, 0.3) is 0 Å². The van der Waals surface area contributed by atoms with E-state index < -0.39 is 0 Å². The predicted octanol–water partition coefficient (Wildman–Crippen LogP) is 1.30. The molecule has 11 heavy (non-hydrogen) atoms.